The first kappa shape index (κ1) is 16.5. The van der Waals surface area contributed by atoms with Gasteiger partial charge in [0.2, 0.25) is 5.89 Å². The van der Waals surface area contributed by atoms with Crippen molar-refractivity contribution in [1.82, 2.24) is 15.1 Å². The van der Waals surface area contributed by atoms with Crippen molar-refractivity contribution in [1.29, 1.82) is 0 Å². The Morgan fingerprint density at radius 2 is 1.62 bits per heavy atom. The van der Waals surface area contributed by atoms with Crippen molar-refractivity contribution in [3.8, 4) is 11.5 Å². The van der Waals surface area contributed by atoms with Gasteiger partial charge in [0, 0.05) is 23.7 Å². The highest BCUT2D eigenvalue weighted by Gasteiger charge is 2.08. The Balaban J connectivity index is 1.63. The largest absolute Gasteiger partial charge is 0.403 e. The van der Waals surface area contributed by atoms with Gasteiger partial charge in [-0.1, -0.05) is 41.0 Å². The first-order chi connectivity index (χ1) is 11.6. The average molecular weight is 343 g/mol. The molecule has 6 heteroatoms. The van der Waals surface area contributed by atoms with Gasteiger partial charge in [-0.05, 0) is 49.5 Å². The Kier molecular flexibility index (Phi) is 5.13. The molecule has 3 rings (SSSR count). The van der Waals surface area contributed by atoms with Crippen LogP contribution in [0.3, 0.4) is 0 Å². The summed E-state index contributed by atoms with van der Waals surface area (Å²) in [6.45, 7) is 1.50. The number of nitrogens with one attached hydrogen (secondary N) is 1. The second-order valence-electron chi connectivity index (χ2n) is 5.83. The van der Waals surface area contributed by atoms with Crippen LogP contribution in [-0.2, 0) is 13.1 Å². The molecule has 1 heterocycles. The third-order valence-electron chi connectivity index (χ3n) is 3.48. The zero-order valence-electron chi connectivity index (χ0n) is 13.7. The van der Waals surface area contributed by atoms with E-state index in [9.17, 15) is 0 Å². The summed E-state index contributed by atoms with van der Waals surface area (Å²) in [5, 5.41) is 12.0. The summed E-state index contributed by atoms with van der Waals surface area (Å²) in [4.78, 5) is 2.13. The molecule has 0 radical (unpaired) electrons. The van der Waals surface area contributed by atoms with E-state index in [1.54, 1.807) is 0 Å². The van der Waals surface area contributed by atoms with Crippen LogP contribution in [-0.4, -0.2) is 29.2 Å². The molecule has 0 aliphatic heterocycles. The monoisotopic (exact) mass is 342 g/mol. The summed E-state index contributed by atoms with van der Waals surface area (Å²) < 4.78 is 5.67. The van der Waals surface area contributed by atoms with Crippen LogP contribution in [0, 0.1) is 0 Å². The number of hydrogen-bond donors (Lipinski definition) is 1. The quantitative estimate of drug-likeness (QED) is 0.732. The lowest BCUT2D eigenvalue weighted by Gasteiger charge is -2.09. The molecule has 0 atom stereocenters. The summed E-state index contributed by atoms with van der Waals surface area (Å²) in [6, 6.07) is 16.1. The highest BCUT2D eigenvalue weighted by atomic mass is 35.5. The molecule has 0 aliphatic rings. The van der Waals surface area contributed by atoms with Gasteiger partial charge in [0.15, 0.2) is 0 Å². The minimum absolute atomic E-state index is 0.400. The van der Waals surface area contributed by atoms with Gasteiger partial charge in [0.05, 0.1) is 0 Å². The van der Waals surface area contributed by atoms with Crippen LogP contribution < -0.4 is 5.32 Å². The fourth-order valence-electron chi connectivity index (χ4n) is 2.31. The maximum atomic E-state index is 5.87. The molecule has 1 N–H and O–H groups in total. The van der Waals surface area contributed by atoms with Crippen molar-refractivity contribution >= 4 is 17.6 Å². The molecule has 2 aromatic carbocycles. The fourth-order valence-corrected chi connectivity index (χ4v) is 2.44. The highest BCUT2D eigenvalue weighted by Crippen LogP contribution is 2.21. The van der Waals surface area contributed by atoms with Crippen molar-refractivity contribution < 1.29 is 4.42 Å². The maximum Gasteiger partial charge on any atom is 0.316 e. The van der Waals surface area contributed by atoms with E-state index in [1.165, 1.54) is 5.56 Å². The molecule has 124 valence electrons. The number of aromatic nitrogens is 2. The lowest BCUT2D eigenvalue weighted by atomic mass is 10.1. The smallest absolute Gasteiger partial charge is 0.316 e. The number of hydrogen-bond acceptors (Lipinski definition) is 5. The van der Waals surface area contributed by atoms with E-state index in [4.69, 9.17) is 16.0 Å². The Bertz CT molecular complexity index is 782. The third-order valence-corrected chi connectivity index (χ3v) is 3.73. The van der Waals surface area contributed by atoms with Gasteiger partial charge in [0.25, 0.3) is 0 Å². The Morgan fingerprint density at radius 1 is 0.958 bits per heavy atom. The molecule has 0 bridgehead atoms. The van der Waals surface area contributed by atoms with Crippen LogP contribution in [0.15, 0.2) is 52.9 Å². The highest BCUT2D eigenvalue weighted by molar-refractivity contribution is 6.30. The minimum atomic E-state index is 0.400. The van der Waals surface area contributed by atoms with Crippen molar-refractivity contribution in [3.63, 3.8) is 0 Å². The normalized spacial score (nSPS) is 11.0. The minimum Gasteiger partial charge on any atom is -0.403 e. The van der Waals surface area contributed by atoms with Crippen LogP contribution >= 0.6 is 11.6 Å². The van der Waals surface area contributed by atoms with E-state index >= 15 is 0 Å². The summed E-state index contributed by atoms with van der Waals surface area (Å²) in [5.41, 5.74) is 3.24. The first-order valence-electron chi connectivity index (χ1n) is 7.66. The number of nitrogens with zero attached hydrogens (tertiary/aromatic N) is 3. The van der Waals surface area contributed by atoms with Gasteiger partial charge in [-0.25, -0.2) is 0 Å². The van der Waals surface area contributed by atoms with E-state index in [1.807, 2.05) is 50.5 Å². The Hall–Kier alpha value is -2.37. The maximum absolute atomic E-state index is 5.87. The van der Waals surface area contributed by atoms with Gasteiger partial charge in [-0.15, -0.1) is 5.10 Å². The van der Waals surface area contributed by atoms with Crippen molar-refractivity contribution in [2.45, 2.75) is 13.1 Å². The summed E-state index contributed by atoms with van der Waals surface area (Å²) in [5.74, 6) is 0.505. The molecular weight excluding hydrogens is 324 g/mol. The van der Waals surface area contributed by atoms with Crippen molar-refractivity contribution in [2.75, 3.05) is 19.4 Å². The molecule has 0 aliphatic carbocycles. The second kappa shape index (κ2) is 7.47. The molecule has 5 nitrogen and oxygen atoms in total. The van der Waals surface area contributed by atoms with E-state index in [-0.39, 0.29) is 0 Å². The van der Waals surface area contributed by atoms with Crippen LogP contribution in [0.2, 0.25) is 5.02 Å². The van der Waals surface area contributed by atoms with Gasteiger partial charge in [0.1, 0.15) is 0 Å². The van der Waals surface area contributed by atoms with Crippen LogP contribution in [0.1, 0.15) is 11.1 Å². The molecule has 0 amide bonds. The molecule has 0 unspecified atom stereocenters. The molecular formula is C18H19ClN4O. The zero-order valence-corrected chi connectivity index (χ0v) is 14.4. The zero-order chi connectivity index (χ0) is 16.9. The van der Waals surface area contributed by atoms with E-state index in [0.29, 0.717) is 18.5 Å². The van der Waals surface area contributed by atoms with E-state index < -0.39 is 0 Å². The Morgan fingerprint density at radius 3 is 2.29 bits per heavy atom. The first-order valence-corrected chi connectivity index (χ1v) is 8.04. The predicted octanol–water partition coefficient (Wildman–Crippen LogP) is 4.06. The topological polar surface area (TPSA) is 54.2 Å². The summed E-state index contributed by atoms with van der Waals surface area (Å²) in [7, 11) is 4.09. The predicted molar refractivity (Wildman–Crippen MR) is 95.9 cm³/mol. The lowest BCUT2D eigenvalue weighted by molar-refractivity contribution is 0.402. The molecule has 3 aromatic rings. The van der Waals surface area contributed by atoms with E-state index in [0.717, 1.165) is 22.7 Å². The van der Waals surface area contributed by atoms with E-state index in [2.05, 4.69) is 32.5 Å². The molecule has 0 saturated heterocycles. The fraction of sp³-hybridized carbons (Fsp3) is 0.222. The van der Waals surface area contributed by atoms with Gasteiger partial charge in [-0.2, -0.15) is 0 Å². The Labute approximate surface area is 146 Å². The molecule has 0 fully saturated rings. The summed E-state index contributed by atoms with van der Waals surface area (Å²) >= 11 is 5.87. The van der Waals surface area contributed by atoms with Crippen LogP contribution in [0.25, 0.3) is 11.5 Å². The molecule has 0 spiro atoms. The van der Waals surface area contributed by atoms with Gasteiger partial charge in [-0.3, -0.25) is 0 Å². The van der Waals surface area contributed by atoms with Gasteiger partial charge >= 0.3 is 6.01 Å². The number of benzene rings is 2. The number of halogens is 1. The molecule has 24 heavy (non-hydrogen) atoms. The summed E-state index contributed by atoms with van der Waals surface area (Å²) in [6.07, 6.45) is 0. The number of anilines is 1. The van der Waals surface area contributed by atoms with Crippen LogP contribution in [0.5, 0.6) is 0 Å². The lowest BCUT2D eigenvalue weighted by Crippen LogP contribution is -2.10. The van der Waals surface area contributed by atoms with Crippen LogP contribution in [0.4, 0.5) is 6.01 Å². The van der Waals surface area contributed by atoms with Gasteiger partial charge < -0.3 is 14.6 Å². The second-order valence-corrected chi connectivity index (χ2v) is 6.26. The van der Waals surface area contributed by atoms with Crippen molar-refractivity contribution in [2.24, 2.45) is 0 Å². The average Bonchev–Trinajstić information content (AvgIpc) is 3.03. The SMILES string of the molecule is CN(C)Cc1ccc(-c2nnc(NCc3ccc(Cl)cc3)o2)cc1. The molecule has 1 aromatic heterocycles. The molecule has 0 saturated carbocycles. The number of rotatable bonds is 6. The standard InChI is InChI=1S/C18H19ClN4O/c1-23(2)12-14-3-7-15(8-4-14)17-21-22-18(24-17)20-11-13-5-9-16(19)10-6-13/h3-10H,11-12H2,1-2H3,(H,20,22). The van der Waals surface area contributed by atoms with Crippen molar-refractivity contribution in [3.05, 3.63) is 64.7 Å². The third kappa shape index (κ3) is 4.34.